The van der Waals surface area contributed by atoms with E-state index >= 15 is 0 Å². The molecule has 5 heteroatoms. The van der Waals surface area contributed by atoms with Gasteiger partial charge in [-0.1, -0.05) is 24.3 Å². The fourth-order valence-electron chi connectivity index (χ4n) is 1.88. The molecule has 1 heterocycles. The number of aryl methyl sites for hydroxylation is 1. The van der Waals surface area contributed by atoms with Crippen LogP contribution in [-0.2, 0) is 11.3 Å². The van der Waals surface area contributed by atoms with Crippen LogP contribution in [0.4, 0.5) is 0 Å². The summed E-state index contributed by atoms with van der Waals surface area (Å²) >= 11 is 0. The van der Waals surface area contributed by atoms with Gasteiger partial charge in [-0.3, -0.25) is 9.59 Å². The summed E-state index contributed by atoms with van der Waals surface area (Å²) in [5.41, 5.74) is 2.23. The van der Waals surface area contributed by atoms with Gasteiger partial charge < -0.3 is 15.1 Å². The molecular weight excluding hydrogens is 268 g/mol. The number of benzene rings is 1. The van der Waals surface area contributed by atoms with Gasteiger partial charge in [0.2, 0.25) is 5.91 Å². The van der Waals surface area contributed by atoms with Crippen LogP contribution >= 0.6 is 0 Å². The highest BCUT2D eigenvalue weighted by Crippen LogP contribution is 2.06. The highest BCUT2D eigenvalue weighted by atomic mass is 16.3. The zero-order valence-electron chi connectivity index (χ0n) is 11.9. The van der Waals surface area contributed by atoms with Crippen molar-refractivity contribution < 1.29 is 14.0 Å². The van der Waals surface area contributed by atoms with Crippen LogP contribution in [-0.4, -0.2) is 18.4 Å². The standard InChI is InChI=1S/C16H18N2O3/c1-12-5-2-3-6-13(12)11-18-15(19)8-9-17-16(20)14-7-4-10-21-14/h2-7,10H,8-9,11H2,1H3,(H,17,20)(H,18,19). The Balaban J connectivity index is 1.68. The quantitative estimate of drug-likeness (QED) is 0.853. The normalized spacial score (nSPS) is 10.1. The van der Waals surface area contributed by atoms with Crippen molar-refractivity contribution in [3.8, 4) is 0 Å². The number of hydrogen-bond acceptors (Lipinski definition) is 3. The molecule has 0 atom stereocenters. The first-order chi connectivity index (χ1) is 10.2. The average Bonchev–Trinajstić information content (AvgIpc) is 3.00. The first-order valence-corrected chi connectivity index (χ1v) is 6.79. The van der Waals surface area contributed by atoms with E-state index in [4.69, 9.17) is 4.42 Å². The van der Waals surface area contributed by atoms with Crippen LogP contribution in [0, 0.1) is 6.92 Å². The maximum atomic E-state index is 11.7. The fourth-order valence-corrected chi connectivity index (χ4v) is 1.88. The molecular formula is C16H18N2O3. The first kappa shape index (κ1) is 14.8. The predicted molar refractivity (Wildman–Crippen MR) is 78.7 cm³/mol. The van der Waals surface area contributed by atoms with E-state index in [1.807, 2.05) is 31.2 Å². The first-order valence-electron chi connectivity index (χ1n) is 6.79. The topological polar surface area (TPSA) is 71.3 Å². The van der Waals surface area contributed by atoms with Gasteiger partial charge in [0.05, 0.1) is 6.26 Å². The average molecular weight is 286 g/mol. The third kappa shape index (κ3) is 4.49. The summed E-state index contributed by atoms with van der Waals surface area (Å²) in [7, 11) is 0. The Labute approximate surface area is 123 Å². The van der Waals surface area contributed by atoms with E-state index in [0.717, 1.165) is 11.1 Å². The lowest BCUT2D eigenvalue weighted by molar-refractivity contribution is -0.121. The molecule has 0 unspecified atom stereocenters. The van der Waals surface area contributed by atoms with Crippen LogP contribution in [0.5, 0.6) is 0 Å². The van der Waals surface area contributed by atoms with E-state index in [2.05, 4.69) is 10.6 Å². The third-order valence-corrected chi connectivity index (χ3v) is 3.12. The van der Waals surface area contributed by atoms with Crippen molar-refractivity contribution in [1.82, 2.24) is 10.6 Å². The molecule has 2 amide bonds. The van der Waals surface area contributed by atoms with Gasteiger partial charge in [0.25, 0.3) is 5.91 Å². The Morgan fingerprint density at radius 3 is 2.62 bits per heavy atom. The van der Waals surface area contributed by atoms with Crippen LogP contribution in [0.1, 0.15) is 28.1 Å². The zero-order chi connectivity index (χ0) is 15.1. The van der Waals surface area contributed by atoms with Crippen molar-refractivity contribution >= 4 is 11.8 Å². The molecule has 110 valence electrons. The number of rotatable bonds is 6. The summed E-state index contributed by atoms with van der Waals surface area (Å²) in [5, 5.41) is 5.47. The maximum Gasteiger partial charge on any atom is 0.286 e. The summed E-state index contributed by atoms with van der Waals surface area (Å²) in [6.45, 7) is 2.78. The van der Waals surface area contributed by atoms with Gasteiger partial charge in [0.1, 0.15) is 0 Å². The van der Waals surface area contributed by atoms with Gasteiger partial charge in [0.15, 0.2) is 5.76 Å². The van der Waals surface area contributed by atoms with Crippen LogP contribution in [0.2, 0.25) is 0 Å². The van der Waals surface area contributed by atoms with Crippen LogP contribution in [0.25, 0.3) is 0 Å². The highest BCUT2D eigenvalue weighted by Gasteiger charge is 2.08. The Bertz CT molecular complexity index is 606. The second-order valence-corrected chi connectivity index (χ2v) is 4.69. The van der Waals surface area contributed by atoms with Crippen molar-refractivity contribution in [3.05, 3.63) is 59.5 Å². The maximum absolute atomic E-state index is 11.7. The van der Waals surface area contributed by atoms with E-state index in [-0.39, 0.29) is 30.5 Å². The number of carbonyl (C=O) groups is 2. The molecule has 0 bridgehead atoms. The molecule has 21 heavy (non-hydrogen) atoms. The largest absolute Gasteiger partial charge is 0.459 e. The molecule has 0 aliphatic heterocycles. The molecule has 2 aromatic rings. The minimum Gasteiger partial charge on any atom is -0.459 e. The summed E-state index contributed by atoms with van der Waals surface area (Å²) < 4.78 is 4.96. The number of amides is 2. The van der Waals surface area contributed by atoms with Crippen LogP contribution < -0.4 is 10.6 Å². The monoisotopic (exact) mass is 286 g/mol. The van der Waals surface area contributed by atoms with Crippen molar-refractivity contribution in [2.24, 2.45) is 0 Å². The number of hydrogen-bond donors (Lipinski definition) is 2. The lowest BCUT2D eigenvalue weighted by Gasteiger charge is -2.08. The van der Waals surface area contributed by atoms with Crippen molar-refractivity contribution in [2.45, 2.75) is 19.9 Å². The molecule has 2 rings (SSSR count). The van der Waals surface area contributed by atoms with E-state index in [1.165, 1.54) is 6.26 Å². The molecule has 0 saturated heterocycles. The molecule has 0 aliphatic carbocycles. The number of nitrogens with one attached hydrogen (secondary N) is 2. The van der Waals surface area contributed by atoms with E-state index < -0.39 is 0 Å². The predicted octanol–water partition coefficient (Wildman–Crippen LogP) is 2.02. The van der Waals surface area contributed by atoms with Crippen LogP contribution in [0.15, 0.2) is 47.1 Å². The molecule has 0 aliphatic rings. The molecule has 0 fully saturated rings. The SMILES string of the molecule is Cc1ccccc1CNC(=O)CCNC(=O)c1ccco1. The third-order valence-electron chi connectivity index (χ3n) is 3.12. The summed E-state index contributed by atoms with van der Waals surface area (Å²) in [5.74, 6) is -0.167. The molecule has 5 nitrogen and oxygen atoms in total. The lowest BCUT2D eigenvalue weighted by atomic mass is 10.1. The van der Waals surface area contributed by atoms with Gasteiger partial charge in [0, 0.05) is 19.5 Å². The van der Waals surface area contributed by atoms with Gasteiger partial charge in [-0.15, -0.1) is 0 Å². The van der Waals surface area contributed by atoms with E-state index in [1.54, 1.807) is 12.1 Å². The summed E-state index contributed by atoms with van der Waals surface area (Å²) in [6, 6.07) is 11.1. The second-order valence-electron chi connectivity index (χ2n) is 4.69. The second kappa shape index (κ2) is 7.28. The van der Waals surface area contributed by atoms with Gasteiger partial charge in [-0.05, 0) is 30.2 Å². The fraction of sp³-hybridized carbons (Fsp3) is 0.250. The smallest absolute Gasteiger partial charge is 0.286 e. The van der Waals surface area contributed by atoms with Gasteiger partial charge in [-0.25, -0.2) is 0 Å². The molecule has 0 radical (unpaired) electrons. The highest BCUT2D eigenvalue weighted by molar-refractivity contribution is 5.91. The Morgan fingerprint density at radius 2 is 1.90 bits per heavy atom. The van der Waals surface area contributed by atoms with Crippen molar-refractivity contribution in [3.63, 3.8) is 0 Å². The van der Waals surface area contributed by atoms with Crippen LogP contribution in [0.3, 0.4) is 0 Å². The van der Waals surface area contributed by atoms with Crippen molar-refractivity contribution in [2.75, 3.05) is 6.54 Å². The summed E-state index contributed by atoms with van der Waals surface area (Å²) in [4.78, 5) is 23.3. The van der Waals surface area contributed by atoms with Crippen molar-refractivity contribution in [1.29, 1.82) is 0 Å². The Morgan fingerprint density at radius 1 is 1.10 bits per heavy atom. The molecule has 1 aromatic carbocycles. The number of furan rings is 1. The molecule has 1 aromatic heterocycles. The number of carbonyl (C=O) groups excluding carboxylic acids is 2. The lowest BCUT2D eigenvalue weighted by Crippen LogP contribution is -2.30. The molecule has 2 N–H and O–H groups in total. The van der Waals surface area contributed by atoms with Gasteiger partial charge >= 0.3 is 0 Å². The minimum atomic E-state index is -0.313. The summed E-state index contributed by atoms with van der Waals surface area (Å²) in [6.07, 6.45) is 1.67. The van der Waals surface area contributed by atoms with E-state index in [9.17, 15) is 9.59 Å². The molecule has 0 saturated carbocycles. The Hall–Kier alpha value is -2.56. The van der Waals surface area contributed by atoms with Gasteiger partial charge in [-0.2, -0.15) is 0 Å². The molecule has 0 spiro atoms. The Kier molecular flexibility index (Phi) is 5.15. The minimum absolute atomic E-state index is 0.0991. The van der Waals surface area contributed by atoms with E-state index in [0.29, 0.717) is 6.54 Å². The zero-order valence-corrected chi connectivity index (χ0v) is 11.9.